The maximum Gasteiger partial charge on any atom is 0.316 e. The summed E-state index contributed by atoms with van der Waals surface area (Å²) in [6.45, 7) is 2.16. The first kappa shape index (κ1) is 14.9. The first-order valence-electron chi connectivity index (χ1n) is 6.05. The molecule has 0 aliphatic heterocycles. The van der Waals surface area contributed by atoms with Gasteiger partial charge in [-0.1, -0.05) is 35.5 Å². The second-order valence-corrected chi connectivity index (χ2v) is 5.35. The van der Waals surface area contributed by atoms with Crippen LogP contribution in [-0.4, -0.2) is 33.1 Å². The van der Waals surface area contributed by atoms with Gasteiger partial charge in [-0.15, -0.1) is 10.2 Å². The number of ether oxygens (including phenoxy) is 1. The summed E-state index contributed by atoms with van der Waals surface area (Å²) in [4.78, 5) is 11.3. The minimum Gasteiger partial charge on any atom is -0.465 e. The van der Waals surface area contributed by atoms with Gasteiger partial charge in [0.1, 0.15) is 0 Å². The SMILES string of the molecule is CCOC(=O)CSc1nnc(-c2cccc(Cl)c2)n1C. The number of hydrogen-bond acceptors (Lipinski definition) is 5. The highest BCUT2D eigenvalue weighted by Crippen LogP contribution is 2.24. The molecular weight excluding hydrogens is 298 g/mol. The Morgan fingerprint density at radius 1 is 1.45 bits per heavy atom. The van der Waals surface area contributed by atoms with Crippen LogP contribution >= 0.6 is 23.4 Å². The molecule has 1 heterocycles. The van der Waals surface area contributed by atoms with Crippen LogP contribution in [0, 0.1) is 0 Å². The van der Waals surface area contributed by atoms with E-state index in [1.807, 2.05) is 29.8 Å². The normalized spacial score (nSPS) is 10.6. The van der Waals surface area contributed by atoms with Gasteiger partial charge in [0.25, 0.3) is 0 Å². The molecular formula is C13H14ClN3O2S. The van der Waals surface area contributed by atoms with Crippen molar-refractivity contribution in [1.82, 2.24) is 14.8 Å². The minimum atomic E-state index is -0.259. The predicted molar refractivity (Wildman–Crippen MR) is 78.8 cm³/mol. The summed E-state index contributed by atoms with van der Waals surface area (Å²) >= 11 is 7.26. The molecule has 0 amide bonds. The average Bonchev–Trinajstić information content (AvgIpc) is 2.78. The van der Waals surface area contributed by atoms with Crippen molar-refractivity contribution in [3.05, 3.63) is 29.3 Å². The van der Waals surface area contributed by atoms with Crippen LogP contribution in [0.4, 0.5) is 0 Å². The lowest BCUT2D eigenvalue weighted by molar-refractivity contribution is -0.139. The maximum absolute atomic E-state index is 11.3. The molecule has 0 fully saturated rings. The van der Waals surface area contributed by atoms with Crippen molar-refractivity contribution >= 4 is 29.3 Å². The number of thioether (sulfide) groups is 1. The molecule has 1 aromatic carbocycles. The van der Waals surface area contributed by atoms with E-state index in [1.165, 1.54) is 11.8 Å². The molecule has 0 radical (unpaired) electrons. The Morgan fingerprint density at radius 3 is 2.95 bits per heavy atom. The highest BCUT2D eigenvalue weighted by molar-refractivity contribution is 7.99. The Balaban J connectivity index is 2.13. The van der Waals surface area contributed by atoms with Gasteiger partial charge in [0.05, 0.1) is 12.4 Å². The van der Waals surface area contributed by atoms with Gasteiger partial charge in [-0.3, -0.25) is 4.79 Å². The van der Waals surface area contributed by atoms with E-state index in [0.717, 1.165) is 5.56 Å². The summed E-state index contributed by atoms with van der Waals surface area (Å²) in [6, 6.07) is 7.40. The average molecular weight is 312 g/mol. The van der Waals surface area contributed by atoms with Crippen LogP contribution in [0.3, 0.4) is 0 Å². The Kier molecular flexibility index (Phi) is 5.03. The van der Waals surface area contributed by atoms with E-state index in [9.17, 15) is 4.79 Å². The molecule has 0 N–H and O–H groups in total. The van der Waals surface area contributed by atoms with Gasteiger partial charge >= 0.3 is 5.97 Å². The Labute approximate surface area is 126 Å². The molecule has 7 heteroatoms. The summed E-state index contributed by atoms with van der Waals surface area (Å²) in [7, 11) is 1.85. The summed E-state index contributed by atoms with van der Waals surface area (Å²) in [5.41, 5.74) is 0.885. The van der Waals surface area contributed by atoms with Crippen molar-refractivity contribution < 1.29 is 9.53 Å². The molecule has 0 spiro atoms. The van der Waals surface area contributed by atoms with E-state index in [1.54, 1.807) is 13.0 Å². The molecule has 0 aliphatic carbocycles. The molecule has 1 aromatic heterocycles. The third-order valence-electron chi connectivity index (χ3n) is 2.54. The number of carbonyl (C=O) groups is 1. The number of aromatic nitrogens is 3. The maximum atomic E-state index is 11.3. The summed E-state index contributed by atoms with van der Waals surface area (Å²) < 4.78 is 6.70. The highest BCUT2D eigenvalue weighted by Gasteiger charge is 2.13. The minimum absolute atomic E-state index is 0.218. The van der Waals surface area contributed by atoms with Crippen LogP contribution in [0.1, 0.15) is 6.92 Å². The lowest BCUT2D eigenvalue weighted by Crippen LogP contribution is -2.07. The standard InChI is InChI=1S/C13H14ClN3O2S/c1-3-19-11(18)8-20-13-16-15-12(17(13)2)9-5-4-6-10(14)7-9/h4-7H,3,8H2,1-2H3. The van der Waals surface area contributed by atoms with Crippen LogP contribution < -0.4 is 0 Å². The second-order valence-electron chi connectivity index (χ2n) is 3.97. The quantitative estimate of drug-likeness (QED) is 0.628. The molecule has 0 atom stereocenters. The Hall–Kier alpha value is -1.53. The zero-order chi connectivity index (χ0) is 14.5. The molecule has 0 saturated heterocycles. The smallest absolute Gasteiger partial charge is 0.316 e. The summed E-state index contributed by atoms with van der Waals surface area (Å²) in [5, 5.41) is 9.52. The van der Waals surface area contributed by atoms with Gasteiger partial charge in [-0.05, 0) is 19.1 Å². The van der Waals surface area contributed by atoms with Gasteiger partial charge in [-0.25, -0.2) is 0 Å². The predicted octanol–water partition coefficient (Wildman–Crippen LogP) is 2.79. The van der Waals surface area contributed by atoms with Crippen LogP contribution in [0.2, 0.25) is 5.02 Å². The van der Waals surface area contributed by atoms with Crippen LogP contribution in [-0.2, 0) is 16.6 Å². The number of nitrogens with zero attached hydrogens (tertiary/aromatic N) is 3. The van der Waals surface area contributed by atoms with Gasteiger partial charge in [0.2, 0.25) is 0 Å². The molecule has 0 unspecified atom stereocenters. The monoisotopic (exact) mass is 311 g/mol. The van der Waals surface area contributed by atoms with Crippen molar-refractivity contribution in [2.75, 3.05) is 12.4 Å². The van der Waals surface area contributed by atoms with Crippen molar-refractivity contribution in [2.45, 2.75) is 12.1 Å². The number of halogens is 1. The van der Waals surface area contributed by atoms with Gasteiger partial charge < -0.3 is 9.30 Å². The van der Waals surface area contributed by atoms with Crippen LogP contribution in [0.15, 0.2) is 29.4 Å². The van der Waals surface area contributed by atoms with E-state index in [0.29, 0.717) is 22.6 Å². The molecule has 2 rings (SSSR count). The molecule has 106 valence electrons. The van der Waals surface area contributed by atoms with Crippen molar-refractivity contribution in [2.24, 2.45) is 7.05 Å². The third kappa shape index (κ3) is 3.52. The molecule has 0 saturated carbocycles. The Bertz CT molecular complexity index is 615. The molecule has 5 nitrogen and oxygen atoms in total. The summed E-state index contributed by atoms with van der Waals surface area (Å²) in [6.07, 6.45) is 0. The van der Waals surface area contributed by atoms with Crippen molar-refractivity contribution in [3.63, 3.8) is 0 Å². The summed E-state index contributed by atoms with van der Waals surface area (Å²) in [5.74, 6) is 0.665. The van der Waals surface area contributed by atoms with E-state index in [2.05, 4.69) is 10.2 Å². The van der Waals surface area contributed by atoms with E-state index in [-0.39, 0.29) is 11.7 Å². The molecule has 20 heavy (non-hydrogen) atoms. The third-order valence-corrected chi connectivity index (χ3v) is 3.77. The van der Waals surface area contributed by atoms with E-state index in [4.69, 9.17) is 16.3 Å². The second kappa shape index (κ2) is 6.76. The van der Waals surface area contributed by atoms with Gasteiger partial charge in [0.15, 0.2) is 11.0 Å². The fourth-order valence-corrected chi connectivity index (χ4v) is 2.54. The van der Waals surface area contributed by atoms with Crippen LogP contribution in [0.25, 0.3) is 11.4 Å². The zero-order valence-electron chi connectivity index (χ0n) is 11.2. The number of esters is 1. The molecule has 2 aromatic rings. The fraction of sp³-hybridized carbons (Fsp3) is 0.308. The van der Waals surface area contributed by atoms with Gasteiger partial charge in [-0.2, -0.15) is 0 Å². The highest BCUT2D eigenvalue weighted by atomic mass is 35.5. The molecule has 0 bridgehead atoms. The van der Waals surface area contributed by atoms with E-state index < -0.39 is 0 Å². The van der Waals surface area contributed by atoms with Crippen molar-refractivity contribution in [1.29, 1.82) is 0 Å². The largest absolute Gasteiger partial charge is 0.465 e. The Morgan fingerprint density at radius 2 is 2.25 bits per heavy atom. The number of rotatable bonds is 5. The lowest BCUT2D eigenvalue weighted by Gasteiger charge is -2.04. The topological polar surface area (TPSA) is 57.0 Å². The first-order chi connectivity index (χ1) is 9.61. The lowest BCUT2D eigenvalue weighted by atomic mass is 10.2. The first-order valence-corrected chi connectivity index (χ1v) is 7.42. The number of carbonyl (C=O) groups excluding carboxylic acids is 1. The van der Waals surface area contributed by atoms with Crippen LogP contribution in [0.5, 0.6) is 0 Å². The van der Waals surface area contributed by atoms with Crippen molar-refractivity contribution in [3.8, 4) is 11.4 Å². The fourth-order valence-electron chi connectivity index (χ4n) is 1.65. The van der Waals surface area contributed by atoms with Gasteiger partial charge in [0, 0.05) is 17.6 Å². The van der Waals surface area contributed by atoms with E-state index >= 15 is 0 Å². The number of benzene rings is 1. The zero-order valence-corrected chi connectivity index (χ0v) is 12.7. The number of hydrogen-bond donors (Lipinski definition) is 0. The molecule has 0 aliphatic rings.